The molecule has 5 heteroatoms. The number of rotatable bonds is 5. The zero-order valence-corrected chi connectivity index (χ0v) is 12.8. The van der Waals surface area contributed by atoms with Gasteiger partial charge in [0.1, 0.15) is 0 Å². The minimum atomic E-state index is -0.496. The van der Waals surface area contributed by atoms with Crippen LogP contribution in [0.4, 0.5) is 10.1 Å². The van der Waals surface area contributed by atoms with Gasteiger partial charge in [0, 0.05) is 17.3 Å². The molecule has 0 aliphatic heterocycles. The molecule has 0 heterocycles. The Kier molecular flexibility index (Phi) is 5.25. The topological polar surface area (TPSA) is 55.4 Å². The average Bonchev–Trinajstić information content (AvgIpc) is 2.53. The van der Waals surface area contributed by atoms with Gasteiger partial charge in [-0.15, -0.1) is 0 Å². The molecule has 0 radical (unpaired) electrons. The van der Waals surface area contributed by atoms with Crippen molar-refractivity contribution in [3.05, 3.63) is 65.5 Å². The highest BCUT2D eigenvalue weighted by Crippen LogP contribution is 2.18. The van der Waals surface area contributed by atoms with Crippen molar-refractivity contribution in [3.63, 3.8) is 0 Å². The predicted molar refractivity (Wildman–Crippen MR) is 87.1 cm³/mol. The monoisotopic (exact) mass is 313 g/mol. The van der Waals surface area contributed by atoms with Crippen LogP contribution in [0.25, 0.3) is 6.08 Å². The third kappa shape index (κ3) is 4.51. The van der Waals surface area contributed by atoms with Crippen molar-refractivity contribution >= 4 is 23.5 Å². The molecule has 23 heavy (non-hydrogen) atoms. The zero-order valence-electron chi connectivity index (χ0n) is 12.8. The van der Waals surface area contributed by atoms with Crippen LogP contribution in [0, 0.1) is 5.82 Å². The number of carbonyl (C=O) groups is 2. The van der Waals surface area contributed by atoms with Crippen molar-refractivity contribution in [1.82, 2.24) is 0 Å². The number of anilines is 1. The Morgan fingerprint density at radius 1 is 1.17 bits per heavy atom. The molecule has 0 unspecified atom stereocenters. The maximum atomic E-state index is 13.6. The maximum Gasteiger partial charge on any atom is 0.248 e. The lowest BCUT2D eigenvalue weighted by Crippen LogP contribution is -2.08. The zero-order chi connectivity index (χ0) is 16.8. The summed E-state index contributed by atoms with van der Waals surface area (Å²) in [7, 11) is 1.39. The third-order valence-electron chi connectivity index (χ3n) is 3.14. The largest absolute Gasteiger partial charge is 0.494 e. The van der Waals surface area contributed by atoms with E-state index in [0.29, 0.717) is 16.8 Å². The molecule has 0 aliphatic rings. The van der Waals surface area contributed by atoms with E-state index >= 15 is 0 Å². The Hall–Kier alpha value is -2.95. The lowest BCUT2D eigenvalue weighted by Gasteiger charge is -2.04. The van der Waals surface area contributed by atoms with E-state index in [1.807, 2.05) is 0 Å². The number of hydrogen-bond acceptors (Lipinski definition) is 3. The highest BCUT2D eigenvalue weighted by Gasteiger charge is 2.04. The molecule has 0 bridgehead atoms. The number of hydrogen-bond donors (Lipinski definition) is 1. The van der Waals surface area contributed by atoms with Crippen LogP contribution in [0.5, 0.6) is 5.75 Å². The Morgan fingerprint density at radius 3 is 2.61 bits per heavy atom. The fourth-order valence-electron chi connectivity index (χ4n) is 1.96. The summed E-state index contributed by atoms with van der Waals surface area (Å²) in [4.78, 5) is 23.2. The number of ether oxygens (including phenoxy) is 1. The predicted octanol–water partition coefficient (Wildman–Crippen LogP) is 3.69. The molecule has 4 nitrogen and oxygen atoms in total. The molecule has 1 N–H and O–H groups in total. The van der Waals surface area contributed by atoms with Gasteiger partial charge in [0.2, 0.25) is 5.91 Å². The molecule has 0 spiro atoms. The van der Waals surface area contributed by atoms with Gasteiger partial charge in [-0.05, 0) is 42.8 Å². The summed E-state index contributed by atoms with van der Waals surface area (Å²) in [5, 5.41) is 2.65. The van der Waals surface area contributed by atoms with Gasteiger partial charge in [0.15, 0.2) is 17.3 Å². The molecule has 2 aromatic rings. The van der Waals surface area contributed by atoms with Crippen molar-refractivity contribution in [2.75, 3.05) is 12.4 Å². The summed E-state index contributed by atoms with van der Waals surface area (Å²) in [6.45, 7) is 1.46. The van der Waals surface area contributed by atoms with E-state index < -0.39 is 5.82 Å². The van der Waals surface area contributed by atoms with Gasteiger partial charge in [0.05, 0.1) is 7.11 Å². The minimum Gasteiger partial charge on any atom is -0.494 e. The summed E-state index contributed by atoms with van der Waals surface area (Å²) in [5.74, 6) is -0.802. The molecule has 0 saturated heterocycles. The van der Waals surface area contributed by atoms with Crippen LogP contribution in [-0.2, 0) is 4.79 Å². The van der Waals surface area contributed by atoms with E-state index in [2.05, 4.69) is 5.32 Å². The van der Waals surface area contributed by atoms with E-state index in [4.69, 9.17) is 4.74 Å². The first kappa shape index (κ1) is 16.4. The highest BCUT2D eigenvalue weighted by atomic mass is 19.1. The van der Waals surface area contributed by atoms with Crippen LogP contribution in [0.15, 0.2) is 48.5 Å². The molecule has 1 amide bonds. The van der Waals surface area contributed by atoms with Crippen LogP contribution in [-0.4, -0.2) is 18.8 Å². The number of benzene rings is 2. The van der Waals surface area contributed by atoms with Crippen LogP contribution >= 0.6 is 0 Å². The summed E-state index contributed by atoms with van der Waals surface area (Å²) in [6, 6.07) is 11.1. The summed E-state index contributed by atoms with van der Waals surface area (Å²) < 4.78 is 18.4. The summed E-state index contributed by atoms with van der Waals surface area (Å²) >= 11 is 0. The number of halogens is 1. The SMILES string of the molecule is COc1ccc(C=CC(=O)Nc2cccc(C(C)=O)c2)cc1F. The fraction of sp³-hybridized carbons (Fsp3) is 0.111. The number of nitrogens with one attached hydrogen (secondary N) is 1. The van der Waals surface area contributed by atoms with Crippen LogP contribution in [0.3, 0.4) is 0 Å². The van der Waals surface area contributed by atoms with Gasteiger partial charge in [-0.25, -0.2) is 4.39 Å². The smallest absolute Gasteiger partial charge is 0.248 e. The molecule has 0 fully saturated rings. The minimum absolute atomic E-state index is 0.0784. The highest BCUT2D eigenvalue weighted by molar-refractivity contribution is 6.03. The van der Waals surface area contributed by atoms with E-state index in [0.717, 1.165) is 0 Å². The second kappa shape index (κ2) is 7.35. The molecule has 2 aromatic carbocycles. The first-order valence-corrected chi connectivity index (χ1v) is 6.93. The van der Waals surface area contributed by atoms with Gasteiger partial charge in [-0.3, -0.25) is 9.59 Å². The molecule has 0 aliphatic carbocycles. The van der Waals surface area contributed by atoms with E-state index in [9.17, 15) is 14.0 Å². The van der Waals surface area contributed by atoms with Crippen molar-refractivity contribution < 1.29 is 18.7 Å². The molecular formula is C18H16FNO3. The fourth-order valence-corrected chi connectivity index (χ4v) is 1.96. The summed E-state index contributed by atoms with van der Waals surface area (Å²) in [6.07, 6.45) is 2.79. The first-order valence-electron chi connectivity index (χ1n) is 6.93. The van der Waals surface area contributed by atoms with Crippen molar-refractivity contribution in [2.24, 2.45) is 0 Å². The number of carbonyl (C=O) groups excluding carboxylic acids is 2. The van der Waals surface area contributed by atoms with Crippen molar-refractivity contribution in [1.29, 1.82) is 0 Å². The van der Waals surface area contributed by atoms with Crippen molar-refractivity contribution in [3.8, 4) is 5.75 Å². The second-order valence-electron chi connectivity index (χ2n) is 4.85. The maximum absolute atomic E-state index is 13.6. The molecule has 118 valence electrons. The van der Waals surface area contributed by atoms with Gasteiger partial charge in [-0.2, -0.15) is 0 Å². The molecule has 2 rings (SSSR count). The Bertz CT molecular complexity index is 769. The van der Waals surface area contributed by atoms with Crippen LogP contribution in [0.2, 0.25) is 0 Å². The molecule has 0 aromatic heterocycles. The van der Waals surface area contributed by atoms with E-state index in [1.54, 1.807) is 30.3 Å². The number of ketones is 1. The average molecular weight is 313 g/mol. The molecule has 0 saturated carbocycles. The Morgan fingerprint density at radius 2 is 1.96 bits per heavy atom. The standard InChI is InChI=1S/C18H16FNO3/c1-12(21)14-4-3-5-15(11-14)20-18(22)9-7-13-6-8-17(23-2)16(19)10-13/h3-11H,1-2H3,(H,20,22). The van der Waals surface area contributed by atoms with Crippen LogP contribution < -0.4 is 10.1 Å². The van der Waals surface area contributed by atoms with Crippen molar-refractivity contribution in [2.45, 2.75) is 6.92 Å². The number of methoxy groups -OCH3 is 1. The van der Waals surface area contributed by atoms with Gasteiger partial charge >= 0.3 is 0 Å². The number of Topliss-reactive ketones (excluding diaryl/α,β-unsaturated/α-hetero) is 1. The van der Waals surface area contributed by atoms with E-state index in [-0.39, 0.29) is 17.4 Å². The Balaban J connectivity index is 2.05. The summed E-state index contributed by atoms with van der Waals surface area (Å²) in [5.41, 5.74) is 1.58. The third-order valence-corrected chi connectivity index (χ3v) is 3.14. The molecular weight excluding hydrogens is 297 g/mol. The lowest BCUT2D eigenvalue weighted by atomic mass is 10.1. The lowest BCUT2D eigenvalue weighted by molar-refractivity contribution is -0.111. The van der Waals surface area contributed by atoms with E-state index in [1.165, 1.54) is 38.3 Å². The van der Waals surface area contributed by atoms with Gasteiger partial charge < -0.3 is 10.1 Å². The van der Waals surface area contributed by atoms with Crippen LogP contribution in [0.1, 0.15) is 22.8 Å². The second-order valence-corrected chi connectivity index (χ2v) is 4.85. The van der Waals surface area contributed by atoms with Gasteiger partial charge in [0.25, 0.3) is 0 Å². The quantitative estimate of drug-likeness (QED) is 0.676. The van der Waals surface area contributed by atoms with Gasteiger partial charge in [-0.1, -0.05) is 18.2 Å². The normalized spacial score (nSPS) is 10.6. The first-order chi connectivity index (χ1) is 11.0. The Labute approximate surface area is 133 Å². The molecule has 0 atom stereocenters. The number of amides is 1.